The second-order valence-corrected chi connectivity index (χ2v) is 4.65. The molecule has 0 fully saturated rings. The number of aromatic nitrogens is 2. The topological polar surface area (TPSA) is 67.6 Å². The van der Waals surface area contributed by atoms with Crippen LogP contribution in [0.2, 0.25) is 0 Å². The summed E-state index contributed by atoms with van der Waals surface area (Å²) in [5.74, 6) is 1.15. The van der Waals surface area contributed by atoms with Gasteiger partial charge in [0.2, 0.25) is 0 Å². The monoisotopic (exact) mass is 273 g/mol. The number of carbonyl (C=O) groups excluding carboxylic acids is 1. The predicted octanol–water partition coefficient (Wildman–Crippen LogP) is 1.25. The van der Waals surface area contributed by atoms with Crippen LogP contribution in [0.4, 0.5) is 0 Å². The fourth-order valence-corrected chi connectivity index (χ4v) is 2.33. The Kier molecular flexibility index (Phi) is 3.06. The molecule has 0 saturated carbocycles. The van der Waals surface area contributed by atoms with E-state index in [1.54, 1.807) is 23.2 Å². The second kappa shape index (κ2) is 4.88. The minimum Gasteiger partial charge on any atom is -0.507 e. The first-order chi connectivity index (χ1) is 9.69. The molecule has 1 aromatic carbocycles. The highest BCUT2D eigenvalue weighted by Crippen LogP contribution is 2.25. The van der Waals surface area contributed by atoms with Crippen LogP contribution in [0, 0.1) is 0 Å². The molecule has 0 spiro atoms. The number of hydrogen-bond donors (Lipinski definition) is 1. The first-order valence-corrected chi connectivity index (χ1v) is 6.35. The minimum atomic E-state index is -0.212. The number of fused-ring (bicyclic) bond motifs is 1. The summed E-state index contributed by atoms with van der Waals surface area (Å²) in [6, 6.07) is 4.64. The number of imidazole rings is 1. The van der Waals surface area contributed by atoms with Crippen molar-refractivity contribution < 1.29 is 14.6 Å². The highest BCUT2D eigenvalue weighted by atomic mass is 16.5. The van der Waals surface area contributed by atoms with Crippen LogP contribution < -0.4 is 4.74 Å². The van der Waals surface area contributed by atoms with E-state index in [0.717, 1.165) is 5.82 Å². The van der Waals surface area contributed by atoms with E-state index in [1.807, 2.05) is 10.8 Å². The molecule has 6 nitrogen and oxygen atoms in total. The smallest absolute Gasteiger partial charge is 0.258 e. The number of hydrogen-bond acceptors (Lipinski definition) is 4. The second-order valence-electron chi connectivity index (χ2n) is 4.65. The highest BCUT2D eigenvalue weighted by molar-refractivity contribution is 5.97. The third kappa shape index (κ3) is 2.09. The molecule has 0 atom stereocenters. The van der Waals surface area contributed by atoms with Crippen LogP contribution in [0.5, 0.6) is 11.5 Å². The lowest BCUT2D eigenvalue weighted by Gasteiger charge is -2.28. The summed E-state index contributed by atoms with van der Waals surface area (Å²) < 4.78 is 7.12. The standard InChI is InChI=1S/C14H15N3O3/c1-20-10-2-3-12(18)11(8-10)14(19)17-7-6-16-5-4-15-13(16)9-17/h2-5,8,18H,6-7,9H2,1H3. The van der Waals surface area contributed by atoms with Crippen molar-refractivity contribution in [2.75, 3.05) is 13.7 Å². The maximum Gasteiger partial charge on any atom is 0.258 e. The third-order valence-electron chi connectivity index (χ3n) is 3.47. The van der Waals surface area contributed by atoms with Crippen molar-refractivity contribution in [3.63, 3.8) is 0 Å². The molecule has 1 aliphatic rings. The van der Waals surface area contributed by atoms with E-state index in [2.05, 4.69) is 4.98 Å². The van der Waals surface area contributed by atoms with Gasteiger partial charge in [-0.1, -0.05) is 0 Å². The average Bonchev–Trinajstić information content (AvgIpc) is 2.94. The number of methoxy groups -OCH3 is 1. The Balaban J connectivity index is 1.87. The van der Waals surface area contributed by atoms with Crippen molar-refractivity contribution >= 4 is 5.91 Å². The predicted molar refractivity (Wildman–Crippen MR) is 71.6 cm³/mol. The number of carbonyl (C=O) groups is 1. The quantitative estimate of drug-likeness (QED) is 0.894. The fourth-order valence-electron chi connectivity index (χ4n) is 2.33. The van der Waals surface area contributed by atoms with E-state index in [4.69, 9.17) is 4.74 Å². The van der Waals surface area contributed by atoms with Crippen molar-refractivity contribution in [2.45, 2.75) is 13.1 Å². The Morgan fingerprint density at radius 3 is 3.05 bits per heavy atom. The maximum absolute atomic E-state index is 12.5. The van der Waals surface area contributed by atoms with Crippen molar-refractivity contribution in [3.05, 3.63) is 42.0 Å². The Morgan fingerprint density at radius 2 is 2.25 bits per heavy atom. The molecule has 0 aliphatic carbocycles. The zero-order valence-corrected chi connectivity index (χ0v) is 11.1. The summed E-state index contributed by atoms with van der Waals surface area (Å²) in [4.78, 5) is 18.4. The van der Waals surface area contributed by atoms with Crippen LogP contribution in [-0.2, 0) is 13.1 Å². The number of aromatic hydroxyl groups is 1. The lowest BCUT2D eigenvalue weighted by molar-refractivity contribution is 0.0704. The summed E-state index contributed by atoms with van der Waals surface area (Å²) in [5.41, 5.74) is 0.254. The number of rotatable bonds is 2. The Morgan fingerprint density at radius 1 is 1.40 bits per heavy atom. The lowest BCUT2D eigenvalue weighted by atomic mass is 10.1. The molecule has 1 N–H and O–H groups in total. The molecule has 0 unspecified atom stereocenters. The fraction of sp³-hybridized carbons (Fsp3) is 0.286. The number of phenolic OH excluding ortho intramolecular Hbond substituents is 1. The van der Waals surface area contributed by atoms with Gasteiger partial charge in [-0.25, -0.2) is 4.98 Å². The van der Waals surface area contributed by atoms with E-state index >= 15 is 0 Å². The Hall–Kier alpha value is -2.50. The minimum absolute atomic E-state index is 0.0373. The first-order valence-electron chi connectivity index (χ1n) is 6.35. The van der Waals surface area contributed by atoms with Crippen molar-refractivity contribution in [2.24, 2.45) is 0 Å². The maximum atomic E-state index is 12.5. The molecule has 3 rings (SSSR count). The summed E-state index contributed by atoms with van der Waals surface area (Å²) in [6.45, 7) is 1.76. The van der Waals surface area contributed by atoms with Gasteiger partial charge in [0, 0.05) is 25.5 Å². The summed E-state index contributed by atoms with van der Waals surface area (Å²) in [7, 11) is 1.53. The molecule has 2 aromatic rings. The number of benzene rings is 1. The zero-order valence-electron chi connectivity index (χ0n) is 11.1. The Labute approximate surface area is 116 Å². The van der Waals surface area contributed by atoms with Gasteiger partial charge < -0.3 is 19.3 Å². The number of nitrogens with zero attached hydrogens (tertiary/aromatic N) is 3. The lowest BCUT2D eigenvalue weighted by Crippen LogP contribution is -2.38. The SMILES string of the molecule is COc1ccc(O)c(C(=O)N2CCn3ccnc3C2)c1. The van der Waals surface area contributed by atoms with Crippen LogP contribution >= 0.6 is 0 Å². The normalized spacial score (nSPS) is 13.9. The first kappa shape index (κ1) is 12.5. The molecule has 1 aromatic heterocycles. The van der Waals surface area contributed by atoms with Crippen LogP contribution in [0.25, 0.3) is 0 Å². The summed E-state index contributed by atoms with van der Waals surface area (Å²) in [6.07, 6.45) is 3.63. The van der Waals surface area contributed by atoms with Gasteiger partial charge in [-0.15, -0.1) is 0 Å². The third-order valence-corrected chi connectivity index (χ3v) is 3.47. The van der Waals surface area contributed by atoms with E-state index in [0.29, 0.717) is 25.4 Å². The largest absolute Gasteiger partial charge is 0.507 e. The molecule has 104 valence electrons. The molecule has 0 saturated heterocycles. The van der Waals surface area contributed by atoms with Crippen molar-refractivity contribution in [3.8, 4) is 11.5 Å². The highest BCUT2D eigenvalue weighted by Gasteiger charge is 2.24. The van der Waals surface area contributed by atoms with Gasteiger partial charge in [0.1, 0.15) is 17.3 Å². The number of amides is 1. The van der Waals surface area contributed by atoms with Crippen molar-refractivity contribution in [1.82, 2.24) is 14.5 Å². The van der Waals surface area contributed by atoms with Gasteiger partial charge in [-0.2, -0.15) is 0 Å². The number of phenols is 1. The van der Waals surface area contributed by atoms with Gasteiger partial charge in [0.15, 0.2) is 0 Å². The van der Waals surface area contributed by atoms with E-state index in [1.165, 1.54) is 13.2 Å². The van der Waals surface area contributed by atoms with E-state index < -0.39 is 0 Å². The van der Waals surface area contributed by atoms with Gasteiger partial charge in [-0.05, 0) is 18.2 Å². The van der Waals surface area contributed by atoms with Gasteiger partial charge >= 0.3 is 0 Å². The zero-order chi connectivity index (χ0) is 14.1. The molecule has 0 radical (unpaired) electrons. The van der Waals surface area contributed by atoms with Gasteiger partial charge in [0.25, 0.3) is 5.91 Å². The number of ether oxygens (including phenoxy) is 1. The summed E-state index contributed by atoms with van der Waals surface area (Å²) in [5, 5.41) is 9.86. The molecule has 1 amide bonds. The summed E-state index contributed by atoms with van der Waals surface area (Å²) >= 11 is 0. The molecule has 1 aliphatic heterocycles. The molecular weight excluding hydrogens is 258 g/mol. The van der Waals surface area contributed by atoms with Crippen LogP contribution in [-0.4, -0.2) is 39.1 Å². The van der Waals surface area contributed by atoms with Crippen LogP contribution in [0.3, 0.4) is 0 Å². The average molecular weight is 273 g/mol. The van der Waals surface area contributed by atoms with Crippen LogP contribution in [0.1, 0.15) is 16.2 Å². The van der Waals surface area contributed by atoms with Crippen molar-refractivity contribution in [1.29, 1.82) is 0 Å². The molecule has 0 bridgehead atoms. The van der Waals surface area contributed by atoms with E-state index in [9.17, 15) is 9.90 Å². The van der Waals surface area contributed by atoms with E-state index in [-0.39, 0.29) is 17.2 Å². The molecule has 2 heterocycles. The van der Waals surface area contributed by atoms with Gasteiger partial charge in [0.05, 0.1) is 19.2 Å². The molecule has 6 heteroatoms. The molecular formula is C14H15N3O3. The van der Waals surface area contributed by atoms with Gasteiger partial charge in [-0.3, -0.25) is 4.79 Å². The Bertz CT molecular complexity index is 651. The molecule has 20 heavy (non-hydrogen) atoms. The van der Waals surface area contributed by atoms with Crippen LogP contribution in [0.15, 0.2) is 30.6 Å².